The van der Waals surface area contributed by atoms with Crippen LogP contribution in [0.3, 0.4) is 0 Å². The standard InChI is InChI=1S/C19H21F2NO2/c1-19(2,24)12-22-18(23)17(14-5-9-16(21)10-6-14)11-13-3-7-15(20)8-4-13/h3-10,17,24H,11-12H2,1-2H3,(H,22,23). The highest BCUT2D eigenvalue weighted by Crippen LogP contribution is 2.22. The number of nitrogens with one attached hydrogen (secondary N) is 1. The lowest BCUT2D eigenvalue weighted by atomic mass is 9.91. The number of rotatable bonds is 6. The zero-order chi connectivity index (χ0) is 17.7. The largest absolute Gasteiger partial charge is 0.389 e. The van der Waals surface area contributed by atoms with Crippen molar-refractivity contribution in [2.24, 2.45) is 0 Å². The van der Waals surface area contributed by atoms with E-state index in [4.69, 9.17) is 0 Å². The van der Waals surface area contributed by atoms with Crippen molar-refractivity contribution in [2.45, 2.75) is 31.8 Å². The second-order valence-corrected chi connectivity index (χ2v) is 6.46. The Morgan fingerprint density at radius 3 is 2.04 bits per heavy atom. The molecular weight excluding hydrogens is 312 g/mol. The number of carbonyl (C=O) groups excluding carboxylic acids is 1. The van der Waals surface area contributed by atoms with Gasteiger partial charge in [-0.2, -0.15) is 0 Å². The fourth-order valence-electron chi connectivity index (χ4n) is 2.34. The zero-order valence-electron chi connectivity index (χ0n) is 13.7. The summed E-state index contributed by atoms with van der Waals surface area (Å²) in [6, 6.07) is 11.6. The molecule has 0 saturated heterocycles. The quantitative estimate of drug-likeness (QED) is 0.853. The van der Waals surface area contributed by atoms with Gasteiger partial charge in [-0.1, -0.05) is 24.3 Å². The fourth-order valence-corrected chi connectivity index (χ4v) is 2.34. The minimum absolute atomic E-state index is 0.104. The van der Waals surface area contributed by atoms with E-state index in [1.807, 2.05) is 0 Å². The van der Waals surface area contributed by atoms with Crippen LogP contribution in [0, 0.1) is 11.6 Å². The van der Waals surface area contributed by atoms with Crippen molar-refractivity contribution in [3.05, 3.63) is 71.3 Å². The SMILES string of the molecule is CC(C)(O)CNC(=O)C(Cc1ccc(F)cc1)c1ccc(F)cc1. The lowest BCUT2D eigenvalue weighted by molar-refractivity contribution is -0.123. The van der Waals surface area contributed by atoms with E-state index in [0.717, 1.165) is 5.56 Å². The third kappa shape index (κ3) is 5.42. The van der Waals surface area contributed by atoms with Crippen LogP contribution >= 0.6 is 0 Å². The van der Waals surface area contributed by atoms with E-state index >= 15 is 0 Å². The molecule has 3 nitrogen and oxygen atoms in total. The molecule has 2 aromatic carbocycles. The smallest absolute Gasteiger partial charge is 0.227 e. The van der Waals surface area contributed by atoms with Crippen molar-refractivity contribution in [3.8, 4) is 0 Å². The summed E-state index contributed by atoms with van der Waals surface area (Å²) in [5, 5.41) is 12.5. The van der Waals surface area contributed by atoms with E-state index in [-0.39, 0.29) is 24.1 Å². The van der Waals surface area contributed by atoms with Gasteiger partial charge < -0.3 is 10.4 Å². The van der Waals surface area contributed by atoms with Crippen molar-refractivity contribution in [2.75, 3.05) is 6.54 Å². The van der Waals surface area contributed by atoms with E-state index in [0.29, 0.717) is 12.0 Å². The first kappa shape index (κ1) is 18.1. The molecule has 0 spiro atoms. The number of halogens is 2. The molecule has 0 saturated carbocycles. The van der Waals surface area contributed by atoms with Crippen molar-refractivity contribution in [3.63, 3.8) is 0 Å². The molecule has 0 radical (unpaired) electrons. The molecule has 24 heavy (non-hydrogen) atoms. The Labute approximate surface area is 140 Å². The first-order chi connectivity index (χ1) is 11.2. The third-order valence-corrected chi connectivity index (χ3v) is 3.64. The van der Waals surface area contributed by atoms with Crippen LogP contribution in [0.2, 0.25) is 0 Å². The van der Waals surface area contributed by atoms with Gasteiger partial charge in [0.15, 0.2) is 0 Å². The average molecular weight is 333 g/mol. The molecule has 5 heteroatoms. The molecule has 2 aromatic rings. The van der Waals surface area contributed by atoms with Crippen molar-refractivity contribution < 1.29 is 18.7 Å². The van der Waals surface area contributed by atoms with Gasteiger partial charge in [0.2, 0.25) is 5.91 Å². The minimum atomic E-state index is -1.03. The first-order valence-corrected chi connectivity index (χ1v) is 7.74. The maximum absolute atomic E-state index is 13.2. The summed E-state index contributed by atoms with van der Waals surface area (Å²) in [4.78, 5) is 12.6. The highest BCUT2D eigenvalue weighted by molar-refractivity contribution is 5.84. The van der Waals surface area contributed by atoms with Crippen molar-refractivity contribution in [1.29, 1.82) is 0 Å². The Bertz CT molecular complexity index is 676. The van der Waals surface area contributed by atoms with Crippen LogP contribution in [0.5, 0.6) is 0 Å². The van der Waals surface area contributed by atoms with Crippen LogP contribution in [0.4, 0.5) is 8.78 Å². The average Bonchev–Trinajstić information content (AvgIpc) is 2.52. The molecule has 128 valence electrons. The van der Waals surface area contributed by atoms with E-state index in [2.05, 4.69) is 5.32 Å². The van der Waals surface area contributed by atoms with Gasteiger partial charge in [0.25, 0.3) is 0 Å². The lowest BCUT2D eigenvalue weighted by Crippen LogP contribution is -2.40. The van der Waals surface area contributed by atoms with Crippen molar-refractivity contribution >= 4 is 5.91 Å². The van der Waals surface area contributed by atoms with E-state index in [9.17, 15) is 18.7 Å². The zero-order valence-corrected chi connectivity index (χ0v) is 13.7. The summed E-state index contributed by atoms with van der Waals surface area (Å²) >= 11 is 0. The Morgan fingerprint density at radius 1 is 1.04 bits per heavy atom. The van der Waals surface area contributed by atoms with Gasteiger partial charge in [-0.3, -0.25) is 4.79 Å². The summed E-state index contributed by atoms with van der Waals surface area (Å²) < 4.78 is 26.2. The molecule has 2 rings (SSSR count). The second-order valence-electron chi connectivity index (χ2n) is 6.46. The maximum Gasteiger partial charge on any atom is 0.227 e. The van der Waals surface area contributed by atoms with Crippen LogP contribution in [-0.2, 0) is 11.2 Å². The summed E-state index contributed by atoms with van der Waals surface area (Å²) in [6.07, 6.45) is 0.351. The number of aliphatic hydroxyl groups is 1. The number of benzene rings is 2. The monoisotopic (exact) mass is 333 g/mol. The van der Waals surface area contributed by atoms with Crippen molar-refractivity contribution in [1.82, 2.24) is 5.32 Å². The van der Waals surface area contributed by atoms with Gasteiger partial charge in [0.1, 0.15) is 11.6 Å². The Balaban J connectivity index is 2.21. The van der Waals surface area contributed by atoms with Gasteiger partial charge in [-0.15, -0.1) is 0 Å². The third-order valence-electron chi connectivity index (χ3n) is 3.64. The summed E-state index contributed by atoms with van der Waals surface area (Å²) in [5.41, 5.74) is 0.428. The highest BCUT2D eigenvalue weighted by atomic mass is 19.1. The predicted molar refractivity (Wildman–Crippen MR) is 88.6 cm³/mol. The first-order valence-electron chi connectivity index (χ1n) is 7.74. The van der Waals surface area contributed by atoms with Crippen LogP contribution in [0.25, 0.3) is 0 Å². The van der Waals surface area contributed by atoms with Gasteiger partial charge in [0, 0.05) is 6.54 Å². The Hall–Kier alpha value is -2.27. The molecule has 0 aliphatic carbocycles. The number of amides is 1. The van der Waals surface area contributed by atoms with Crippen LogP contribution in [-0.4, -0.2) is 23.2 Å². The molecule has 0 heterocycles. The van der Waals surface area contributed by atoms with Gasteiger partial charge in [0.05, 0.1) is 11.5 Å². The lowest BCUT2D eigenvalue weighted by Gasteiger charge is -2.22. The van der Waals surface area contributed by atoms with Crippen LogP contribution in [0.1, 0.15) is 30.9 Å². The van der Waals surface area contributed by atoms with Crippen LogP contribution in [0.15, 0.2) is 48.5 Å². The fraction of sp³-hybridized carbons (Fsp3) is 0.316. The topological polar surface area (TPSA) is 49.3 Å². The second kappa shape index (κ2) is 7.53. The summed E-state index contributed by atoms with van der Waals surface area (Å²) in [5.74, 6) is -1.55. The molecule has 0 aliphatic rings. The predicted octanol–water partition coefficient (Wildman–Crippen LogP) is 3.18. The molecule has 2 N–H and O–H groups in total. The molecule has 0 bridgehead atoms. The molecule has 0 aromatic heterocycles. The minimum Gasteiger partial charge on any atom is -0.389 e. The van der Waals surface area contributed by atoms with Gasteiger partial charge in [-0.25, -0.2) is 8.78 Å². The number of hydrogen-bond donors (Lipinski definition) is 2. The summed E-state index contributed by atoms with van der Waals surface area (Å²) in [7, 11) is 0. The van der Waals surface area contributed by atoms with Gasteiger partial charge >= 0.3 is 0 Å². The number of hydrogen-bond acceptors (Lipinski definition) is 2. The Morgan fingerprint density at radius 2 is 1.54 bits per heavy atom. The molecule has 1 unspecified atom stereocenters. The molecule has 1 amide bonds. The highest BCUT2D eigenvalue weighted by Gasteiger charge is 2.23. The molecule has 1 atom stereocenters. The van der Waals surface area contributed by atoms with E-state index < -0.39 is 11.5 Å². The molecular formula is C19H21F2NO2. The van der Waals surface area contributed by atoms with Gasteiger partial charge in [-0.05, 0) is 55.7 Å². The maximum atomic E-state index is 13.2. The Kier molecular flexibility index (Phi) is 5.67. The van der Waals surface area contributed by atoms with E-state index in [1.54, 1.807) is 38.1 Å². The summed E-state index contributed by atoms with van der Waals surface area (Å²) in [6.45, 7) is 3.30. The normalized spacial score (nSPS) is 12.7. The molecule has 0 aliphatic heterocycles. The number of carbonyl (C=O) groups is 1. The molecule has 0 fully saturated rings. The van der Waals surface area contributed by atoms with Crippen LogP contribution < -0.4 is 5.32 Å². The van der Waals surface area contributed by atoms with E-state index in [1.165, 1.54) is 24.3 Å².